The molecule has 1 aromatic heterocycles. The SMILES string of the molecule is Cc1c(Cl)c(C(F)(F)F)nn1CC(=O)N1CCOCC1. The Morgan fingerprint density at radius 2 is 2.00 bits per heavy atom. The van der Waals surface area contributed by atoms with Gasteiger partial charge in [0, 0.05) is 13.1 Å². The topological polar surface area (TPSA) is 47.4 Å². The third-order valence-electron chi connectivity index (χ3n) is 3.05. The van der Waals surface area contributed by atoms with Gasteiger partial charge < -0.3 is 9.64 Å². The molecule has 0 unspecified atom stereocenters. The average Bonchev–Trinajstić information content (AvgIpc) is 2.68. The fraction of sp³-hybridized carbons (Fsp3) is 0.636. The van der Waals surface area contributed by atoms with Gasteiger partial charge in [0.25, 0.3) is 0 Å². The van der Waals surface area contributed by atoms with E-state index in [4.69, 9.17) is 16.3 Å². The maximum absolute atomic E-state index is 12.7. The van der Waals surface area contributed by atoms with Gasteiger partial charge in [-0.2, -0.15) is 18.3 Å². The van der Waals surface area contributed by atoms with Gasteiger partial charge in [0.15, 0.2) is 5.69 Å². The minimum Gasteiger partial charge on any atom is -0.378 e. The van der Waals surface area contributed by atoms with E-state index in [1.54, 1.807) is 0 Å². The number of aromatic nitrogens is 2. The van der Waals surface area contributed by atoms with Crippen LogP contribution in [0.1, 0.15) is 11.4 Å². The standard InChI is InChI=1S/C11H13ClF3N3O2/c1-7-9(12)10(11(13,14)15)16-18(7)6-8(19)17-2-4-20-5-3-17/h2-6H2,1H3. The van der Waals surface area contributed by atoms with Gasteiger partial charge in [-0.15, -0.1) is 0 Å². The lowest BCUT2D eigenvalue weighted by atomic mass is 10.3. The number of ether oxygens (including phenoxy) is 1. The van der Waals surface area contributed by atoms with Crippen LogP contribution < -0.4 is 0 Å². The minimum atomic E-state index is -4.63. The first-order valence-electron chi connectivity index (χ1n) is 5.96. The van der Waals surface area contributed by atoms with Crippen LogP contribution in [0.25, 0.3) is 0 Å². The summed E-state index contributed by atoms with van der Waals surface area (Å²) in [5, 5.41) is 2.93. The smallest absolute Gasteiger partial charge is 0.378 e. The second-order valence-electron chi connectivity index (χ2n) is 4.40. The number of halogens is 4. The number of hydrogen-bond donors (Lipinski definition) is 0. The highest BCUT2D eigenvalue weighted by atomic mass is 35.5. The van der Waals surface area contributed by atoms with Gasteiger partial charge in [-0.3, -0.25) is 9.48 Å². The summed E-state index contributed by atoms with van der Waals surface area (Å²) < 4.78 is 44.1. The zero-order valence-electron chi connectivity index (χ0n) is 10.7. The molecule has 9 heteroatoms. The second-order valence-corrected chi connectivity index (χ2v) is 4.77. The molecule has 20 heavy (non-hydrogen) atoms. The number of morpholine rings is 1. The molecule has 0 aromatic carbocycles. The van der Waals surface area contributed by atoms with Crippen molar-refractivity contribution in [3.05, 3.63) is 16.4 Å². The van der Waals surface area contributed by atoms with E-state index in [2.05, 4.69) is 5.10 Å². The molecule has 1 fully saturated rings. The van der Waals surface area contributed by atoms with Gasteiger partial charge in [-0.1, -0.05) is 11.6 Å². The molecule has 1 amide bonds. The first-order valence-corrected chi connectivity index (χ1v) is 6.34. The van der Waals surface area contributed by atoms with Crippen molar-refractivity contribution in [2.24, 2.45) is 0 Å². The Kier molecular flexibility index (Phi) is 4.24. The van der Waals surface area contributed by atoms with Gasteiger partial charge in [-0.25, -0.2) is 0 Å². The summed E-state index contributed by atoms with van der Waals surface area (Å²) in [5.74, 6) is -0.302. The monoisotopic (exact) mass is 311 g/mol. The lowest BCUT2D eigenvalue weighted by Crippen LogP contribution is -2.42. The summed E-state index contributed by atoms with van der Waals surface area (Å²) in [4.78, 5) is 13.5. The number of carbonyl (C=O) groups is 1. The van der Waals surface area contributed by atoms with Crippen LogP contribution in [-0.4, -0.2) is 46.9 Å². The number of amides is 1. The number of carbonyl (C=O) groups excluding carboxylic acids is 1. The number of nitrogens with zero attached hydrogens (tertiary/aromatic N) is 3. The fourth-order valence-electron chi connectivity index (χ4n) is 1.90. The van der Waals surface area contributed by atoms with Crippen molar-refractivity contribution in [2.45, 2.75) is 19.6 Å². The van der Waals surface area contributed by atoms with Crippen molar-refractivity contribution in [1.82, 2.24) is 14.7 Å². The van der Waals surface area contributed by atoms with Crippen molar-refractivity contribution < 1.29 is 22.7 Å². The van der Waals surface area contributed by atoms with Crippen LogP contribution in [0.4, 0.5) is 13.2 Å². The molecule has 0 spiro atoms. The van der Waals surface area contributed by atoms with E-state index in [0.717, 1.165) is 4.68 Å². The summed E-state index contributed by atoms with van der Waals surface area (Å²) in [7, 11) is 0. The molecule has 2 rings (SSSR count). The zero-order chi connectivity index (χ0) is 14.9. The van der Waals surface area contributed by atoms with Crippen molar-refractivity contribution in [1.29, 1.82) is 0 Å². The predicted octanol–water partition coefficient (Wildman–Crippen LogP) is 1.72. The average molecular weight is 312 g/mol. The van der Waals surface area contributed by atoms with Crippen molar-refractivity contribution in [3.63, 3.8) is 0 Å². The van der Waals surface area contributed by atoms with E-state index in [-0.39, 0.29) is 18.1 Å². The lowest BCUT2D eigenvalue weighted by molar-refractivity contribution is -0.142. The molecule has 2 heterocycles. The normalized spacial score (nSPS) is 16.6. The van der Waals surface area contributed by atoms with E-state index < -0.39 is 16.9 Å². The lowest BCUT2D eigenvalue weighted by Gasteiger charge is -2.26. The summed E-state index contributed by atoms with van der Waals surface area (Å²) in [6.07, 6.45) is -4.63. The van der Waals surface area contributed by atoms with Crippen LogP contribution in [0.3, 0.4) is 0 Å². The Morgan fingerprint density at radius 1 is 1.40 bits per heavy atom. The fourth-order valence-corrected chi connectivity index (χ4v) is 2.14. The Bertz CT molecular complexity index is 510. The highest BCUT2D eigenvalue weighted by molar-refractivity contribution is 6.32. The van der Waals surface area contributed by atoms with Gasteiger partial charge in [0.1, 0.15) is 6.54 Å². The van der Waals surface area contributed by atoms with Crippen molar-refractivity contribution in [3.8, 4) is 0 Å². The first-order chi connectivity index (χ1) is 9.30. The van der Waals surface area contributed by atoms with Crippen LogP contribution in [-0.2, 0) is 22.3 Å². The Balaban J connectivity index is 2.15. The molecule has 1 aliphatic heterocycles. The number of hydrogen-bond acceptors (Lipinski definition) is 3. The number of rotatable bonds is 2. The van der Waals surface area contributed by atoms with E-state index >= 15 is 0 Å². The molecule has 0 radical (unpaired) electrons. The Morgan fingerprint density at radius 3 is 2.50 bits per heavy atom. The Hall–Kier alpha value is -1.28. The van der Waals surface area contributed by atoms with Gasteiger partial charge in [0.05, 0.1) is 23.9 Å². The molecular weight excluding hydrogens is 299 g/mol. The van der Waals surface area contributed by atoms with Crippen LogP contribution in [0, 0.1) is 6.92 Å². The van der Waals surface area contributed by atoms with E-state index in [1.165, 1.54) is 11.8 Å². The highest BCUT2D eigenvalue weighted by Crippen LogP contribution is 2.35. The maximum Gasteiger partial charge on any atom is 0.436 e. The molecule has 0 N–H and O–H groups in total. The second kappa shape index (κ2) is 5.61. The van der Waals surface area contributed by atoms with Crippen molar-refractivity contribution >= 4 is 17.5 Å². The van der Waals surface area contributed by atoms with Crippen LogP contribution in [0.15, 0.2) is 0 Å². The molecule has 0 saturated carbocycles. The highest BCUT2D eigenvalue weighted by Gasteiger charge is 2.38. The molecule has 112 valence electrons. The summed E-state index contributed by atoms with van der Waals surface area (Å²) in [5.41, 5.74) is -1.04. The third-order valence-corrected chi connectivity index (χ3v) is 3.50. The van der Waals surface area contributed by atoms with E-state index in [9.17, 15) is 18.0 Å². The van der Waals surface area contributed by atoms with Gasteiger partial charge >= 0.3 is 6.18 Å². The quantitative estimate of drug-likeness (QED) is 0.835. The Labute approximate surface area is 118 Å². The van der Waals surface area contributed by atoms with Crippen LogP contribution >= 0.6 is 11.6 Å². The first kappa shape index (κ1) is 15.1. The third kappa shape index (κ3) is 3.06. The van der Waals surface area contributed by atoms with E-state index in [0.29, 0.717) is 26.3 Å². The minimum absolute atomic E-state index is 0.126. The molecule has 0 bridgehead atoms. The molecule has 1 saturated heterocycles. The van der Waals surface area contributed by atoms with Crippen molar-refractivity contribution in [2.75, 3.05) is 26.3 Å². The molecule has 5 nitrogen and oxygen atoms in total. The van der Waals surface area contributed by atoms with E-state index in [1.807, 2.05) is 0 Å². The number of alkyl halides is 3. The molecule has 0 aliphatic carbocycles. The summed E-state index contributed by atoms with van der Waals surface area (Å²) in [6.45, 7) is 2.85. The zero-order valence-corrected chi connectivity index (χ0v) is 11.5. The molecule has 1 aliphatic rings. The van der Waals surface area contributed by atoms with Crippen LogP contribution in [0.5, 0.6) is 0 Å². The van der Waals surface area contributed by atoms with Gasteiger partial charge in [-0.05, 0) is 6.92 Å². The van der Waals surface area contributed by atoms with Gasteiger partial charge in [0.2, 0.25) is 5.91 Å². The predicted molar refractivity (Wildman–Crippen MR) is 64.4 cm³/mol. The summed E-state index contributed by atoms with van der Waals surface area (Å²) in [6, 6.07) is 0. The van der Waals surface area contributed by atoms with Crippen LogP contribution in [0.2, 0.25) is 5.02 Å². The summed E-state index contributed by atoms with van der Waals surface area (Å²) >= 11 is 5.62. The molecule has 0 atom stereocenters. The molecular formula is C11H13ClF3N3O2. The largest absolute Gasteiger partial charge is 0.436 e. The maximum atomic E-state index is 12.7. The molecule has 1 aromatic rings.